The van der Waals surface area contributed by atoms with Crippen LogP contribution in [0.2, 0.25) is 0 Å². The highest BCUT2D eigenvalue weighted by Crippen LogP contribution is 2.34. The third-order valence-electron chi connectivity index (χ3n) is 2.42. The minimum atomic E-state index is -0.642. The molecule has 1 aromatic rings. The van der Waals surface area contributed by atoms with Gasteiger partial charge in [-0.15, -0.1) is 11.8 Å². The van der Waals surface area contributed by atoms with E-state index in [1.165, 1.54) is 7.11 Å². The Kier molecular flexibility index (Phi) is 3.69. The predicted octanol–water partition coefficient (Wildman–Crippen LogP) is 1.35. The van der Waals surface area contributed by atoms with Crippen molar-refractivity contribution in [2.75, 3.05) is 12.9 Å². The fourth-order valence-electron chi connectivity index (χ4n) is 1.68. The van der Waals surface area contributed by atoms with Crippen molar-refractivity contribution in [3.05, 3.63) is 40.3 Å². The van der Waals surface area contributed by atoms with Crippen molar-refractivity contribution in [3.8, 4) is 0 Å². The van der Waals surface area contributed by atoms with Crippen LogP contribution in [0.5, 0.6) is 0 Å². The fraction of sp³-hybridized carbons (Fsp3) is 0.167. The molecule has 2 rings (SSSR count). The zero-order chi connectivity index (χ0) is 13.1. The molecule has 5 nitrogen and oxygen atoms in total. The van der Waals surface area contributed by atoms with Crippen LogP contribution in [0, 0.1) is 0 Å². The number of ketones is 1. The van der Waals surface area contributed by atoms with Crippen molar-refractivity contribution in [1.29, 1.82) is 0 Å². The smallest absolute Gasteiger partial charge is 0.259 e. The summed E-state index contributed by atoms with van der Waals surface area (Å²) in [4.78, 5) is 33.2. The third kappa shape index (κ3) is 2.25. The molecule has 1 aliphatic heterocycles. The van der Waals surface area contributed by atoms with Crippen LogP contribution < -0.4 is 5.73 Å². The van der Waals surface area contributed by atoms with E-state index in [1.54, 1.807) is 24.3 Å². The monoisotopic (exact) mass is 265 g/mol. The Morgan fingerprint density at radius 3 is 2.61 bits per heavy atom. The molecule has 0 aromatic heterocycles. The second-order valence-corrected chi connectivity index (χ2v) is 4.52. The molecule has 0 saturated carbocycles. The first-order valence-corrected chi connectivity index (χ1v) is 6.14. The van der Waals surface area contributed by atoms with Crippen LogP contribution in [0.25, 0.3) is 5.76 Å². The van der Waals surface area contributed by atoms with E-state index in [0.29, 0.717) is 11.1 Å². The van der Waals surface area contributed by atoms with Gasteiger partial charge in [-0.2, -0.15) is 4.89 Å². The number of rotatable bonds is 3. The molecule has 0 saturated heterocycles. The van der Waals surface area contributed by atoms with Crippen LogP contribution >= 0.6 is 11.8 Å². The molecule has 1 aromatic carbocycles. The normalized spacial score (nSPS) is 15.1. The van der Waals surface area contributed by atoms with E-state index in [0.717, 1.165) is 11.8 Å². The molecule has 1 heterocycles. The lowest BCUT2D eigenvalue weighted by Crippen LogP contribution is -2.14. The van der Waals surface area contributed by atoms with Gasteiger partial charge < -0.3 is 10.6 Å². The van der Waals surface area contributed by atoms with Gasteiger partial charge in [-0.1, -0.05) is 24.3 Å². The number of fused-ring (bicyclic) bond motifs is 1. The van der Waals surface area contributed by atoms with Crippen molar-refractivity contribution >= 4 is 29.2 Å². The van der Waals surface area contributed by atoms with Crippen molar-refractivity contribution < 1.29 is 19.4 Å². The predicted molar refractivity (Wildman–Crippen MR) is 67.4 cm³/mol. The van der Waals surface area contributed by atoms with Gasteiger partial charge in [0, 0.05) is 11.1 Å². The van der Waals surface area contributed by atoms with Crippen LogP contribution in [0.3, 0.4) is 0 Å². The van der Waals surface area contributed by atoms with E-state index >= 15 is 0 Å². The molecule has 0 bridgehead atoms. The van der Waals surface area contributed by atoms with Gasteiger partial charge in [-0.25, -0.2) is 0 Å². The standard InChI is InChI=1S/C12H11NO4S/c1-16-17-10-8-5-3-2-4-7(8)9(14)6-18-11(10)12(13)15/h2-5H,6H2,1H3,(H2,13,15). The number of carbonyl (C=O) groups is 2. The summed E-state index contributed by atoms with van der Waals surface area (Å²) in [6.07, 6.45) is 0. The van der Waals surface area contributed by atoms with Crippen LogP contribution in [0.1, 0.15) is 15.9 Å². The molecule has 1 aliphatic rings. The van der Waals surface area contributed by atoms with Crippen LogP contribution in [-0.4, -0.2) is 24.6 Å². The Hall–Kier alpha value is -1.79. The number of carbonyl (C=O) groups excluding carboxylic acids is 2. The SMILES string of the molecule is COOC1=C(C(N)=O)SCC(=O)c2ccccc21. The van der Waals surface area contributed by atoms with E-state index in [1.807, 2.05) is 0 Å². The number of Topliss-reactive ketones (excluding diaryl/α,β-unsaturated/α-hetero) is 1. The number of primary amides is 1. The van der Waals surface area contributed by atoms with E-state index < -0.39 is 5.91 Å². The fourth-order valence-corrected chi connectivity index (χ4v) is 2.52. The topological polar surface area (TPSA) is 78.6 Å². The highest BCUT2D eigenvalue weighted by molar-refractivity contribution is 8.04. The average molecular weight is 265 g/mol. The molecular weight excluding hydrogens is 254 g/mol. The van der Waals surface area contributed by atoms with Gasteiger partial charge in [-0.05, 0) is 0 Å². The highest BCUT2D eigenvalue weighted by atomic mass is 32.2. The minimum Gasteiger partial charge on any atom is -0.365 e. The molecule has 94 valence electrons. The Morgan fingerprint density at radius 1 is 1.33 bits per heavy atom. The maximum Gasteiger partial charge on any atom is 0.259 e. The lowest BCUT2D eigenvalue weighted by Gasteiger charge is -2.10. The van der Waals surface area contributed by atoms with Crippen molar-refractivity contribution in [3.63, 3.8) is 0 Å². The summed E-state index contributed by atoms with van der Waals surface area (Å²) in [6, 6.07) is 6.87. The van der Waals surface area contributed by atoms with Gasteiger partial charge >= 0.3 is 0 Å². The van der Waals surface area contributed by atoms with Gasteiger partial charge in [0.05, 0.1) is 12.9 Å². The molecule has 0 radical (unpaired) electrons. The van der Waals surface area contributed by atoms with Crippen LogP contribution in [0.4, 0.5) is 0 Å². The zero-order valence-corrected chi connectivity index (χ0v) is 10.5. The first-order valence-electron chi connectivity index (χ1n) is 5.15. The molecule has 0 unspecified atom stereocenters. The summed E-state index contributed by atoms with van der Waals surface area (Å²) < 4.78 is 0. The minimum absolute atomic E-state index is 0.0796. The Balaban J connectivity index is 2.64. The first-order chi connectivity index (χ1) is 8.65. The summed E-state index contributed by atoms with van der Waals surface area (Å²) in [7, 11) is 1.33. The summed E-state index contributed by atoms with van der Waals surface area (Å²) >= 11 is 1.06. The lowest BCUT2D eigenvalue weighted by atomic mass is 10.0. The Morgan fingerprint density at radius 2 is 2.00 bits per heavy atom. The summed E-state index contributed by atoms with van der Waals surface area (Å²) in [5, 5.41) is 0. The van der Waals surface area contributed by atoms with Gasteiger partial charge in [-0.3, -0.25) is 9.59 Å². The van der Waals surface area contributed by atoms with Crippen molar-refractivity contribution in [2.24, 2.45) is 5.73 Å². The van der Waals surface area contributed by atoms with Gasteiger partial charge in [0.1, 0.15) is 4.91 Å². The van der Waals surface area contributed by atoms with E-state index in [-0.39, 0.29) is 22.2 Å². The van der Waals surface area contributed by atoms with E-state index in [9.17, 15) is 9.59 Å². The molecule has 0 fully saturated rings. The average Bonchev–Trinajstić information content (AvgIpc) is 2.49. The maximum atomic E-state index is 11.9. The van der Waals surface area contributed by atoms with Crippen molar-refractivity contribution in [2.45, 2.75) is 0 Å². The second kappa shape index (κ2) is 5.24. The Labute approximate surface area is 108 Å². The molecule has 0 atom stereocenters. The molecule has 18 heavy (non-hydrogen) atoms. The van der Waals surface area contributed by atoms with Crippen LogP contribution in [-0.2, 0) is 14.6 Å². The lowest BCUT2D eigenvalue weighted by molar-refractivity contribution is -0.208. The molecular formula is C12H11NO4S. The first kappa shape index (κ1) is 12.7. The largest absolute Gasteiger partial charge is 0.365 e. The number of benzene rings is 1. The molecule has 2 N–H and O–H groups in total. The molecule has 0 spiro atoms. The summed E-state index contributed by atoms with van der Waals surface area (Å²) in [5.41, 5.74) is 6.31. The van der Waals surface area contributed by atoms with E-state index in [4.69, 9.17) is 10.6 Å². The molecule has 0 aliphatic carbocycles. The maximum absolute atomic E-state index is 11.9. The molecule has 1 amide bonds. The van der Waals surface area contributed by atoms with Gasteiger partial charge in [0.2, 0.25) is 0 Å². The quantitative estimate of drug-likeness (QED) is 0.659. The molecule has 6 heteroatoms. The van der Waals surface area contributed by atoms with Crippen LogP contribution in [0.15, 0.2) is 29.2 Å². The second-order valence-electron chi connectivity index (χ2n) is 3.53. The van der Waals surface area contributed by atoms with Crippen molar-refractivity contribution in [1.82, 2.24) is 0 Å². The zero-order valence-electron chi connectivity index (χ0n) is 9.64. The number of hydrogen-bond donors (Lipinski definition) is 1. The third-order valence-corrected chi connectivity index (χ3v) is 3.50. The highest BCUT2D eigenvalue weighted by Gasteiger charge is 2.27. The summed E-state index contributed by atoms with van der Waals surface area (Å²) in [5.74, 6) is -0.386. The number of thioether (sulfide) groups is 1. The van der Waals surface area contributed by atoms with Gasteiger partial charge in [0.15, 0.2) is 11.5 Å². The number of nitrogens with two attached hydrogens (primary N) is 1. The summed E-state index contributed by atoms with van der Waals surface area (Å²) in [6.45, 7) is 0. The number of hydrogen-bond acceptors (Lipinski definition) is 5. The Bertz CT molecular complexity index is 539. The number of amides is 1. The van der Waals surface area contributed by atoms with Gasteiger partial charge in [0.25, 0.3) is 5.91 Å². The van der Waals surface area contributed by atoms with E-state index in [2.05, 4.69) is 4.89 Å².